The number of methoxy groups -OCH3 is 2. The second kappa shape index (κ2) is 45.0. The van der Waals surface area contributed by atoms with Crippen molar-refractivity contribution in [1.29, 1.82) is 0 Å². The van der Waals surface area contributed by atoms with Gasteiger partial charge in [0.2, 0.25) is 46.1 Å². The molecule has 16 aromatic rings. The number of nitro benzene ring substituents is 1. The molecule has 0 spiro atoms. The molecule has 44 heteroatoms. The lowest BCUT2D eigenvalue weighted by molar-refractivity contribution is -0.385. The third-order valence-corrected chi connectivity index (χ3v) is 22.9. The molecule has 0 fully saturated rings. The normalized spacial score (nSPS) is 11.6. The van der Waals surface area contributed by atoms with E-state index in [9.17, 15) is 68.6 Å². The highest BCUT2D eigenvalue weighted by atomic mass is 79.9. The molecular formula is C95H78Br3N11O30. The van der Waals surface area contributed by atoms with Crippen molar-refractivity contribution in [1.82, 2.24) is 19.6 Å². The number of H-pyrrole nitrogens is 2. The van der Waals surface area contributed by atoms with Gasteiger partial charge < -0.3 is 103 Å². The van der Waals surface area contributed by atoms with Crippen molar-refractivity contribution >= 4 is 129 Å². The average molecular weight is 2090 g/mol. The van der Waals surface area contributed by atoms with Crippen LogP contribution in [0, 0.1) is 24.0 Å². The van der Waals surface area contributed by atoms with Gasteiger partial charge in [-0.1, -0.05) is 72.8 Å². The Labute approximate surface area is 806 Å². The number of phenols is 3. The number of phenolic OH excluding ortho intramolecular Hbond substituents is 3. The molecule has 0 amide bonds. The topological polar surface area (TPSA) is 652 Å². The minimum atomic E-state index is -1.21. The van der Waals surface area contributed by atoms with E-state index in [1.54, 1.807) is 92.7 Å². The largest absolute Gasteiger partial charge is 0.505 e. The number of aromatic carboxylic acids is 7. The summed E-state index contributed by atoms with van der Waals surface area (Å²) in [7, 11) is 2.82. The SMILES string of the molecule is COc1c(-c2coc(C(=O)O)c2)cccc1[N+](=O)[O-].COc1c(N)cccc1-c1coc(C(=O)O)c1.Cc1[nH]n(-c2ccc3c(c2)CCCC3)c(=O)c1N=Nc1cccc(-c2coc(C(=O)O)c2)c1O.Cc1[nH]n(-c2ccc3c(c2)CCCC3)c(=O)c1N=Nc1cccc(-c2coc(C(=O)O)c2)c1O.Nc1cccc(-c2coc(C(=O)O)c2)c1O.O=C(O)c1cc(Br)c(Br)o1.O=C(O)c1cc(Br)co1. The molecule has 0 saturated carbocycles. The molecule has 714 valence electrons. The molecule has 0 atom stereocenters. The summed E-state index contributed by atoms with van der Waals surface area (Å²) >= 11 is 9.13. The van der Waals surface area contributed by atoms with Crippen LogP contribution in [0.15, 0.2) is 282 Å². The molecule has 139 heavy (non-hydrogen) atoms. The Balaban J connectivity index is 0.000000153. The summed E-state index contributed by atoms with van der Waals surface area (Å²) in [5.74, 6) is -9.13. The molecule has 2 aliphatic rings. The van der Waals surface area contributed by atoms with Crippen molar-refractivity contribution in [2.75, 3.05) is 25.7 Å². The molecule has 0 unspecified atom stereocenters. The summed E-state index contributed by atoms with van der Waals surface area (Å²) in [5.41, 5.74) is 23.9. The molecule has 0 aliphatic heterocycles. The Kier molecular flexibility index (Phi) is 32.5. The Bertz CT molecular complexity index is 7270. The third kappa shape index (κ3) is 24.2. The van der Waals surface area contributed by atoms with Gasteiger partial charge in [-0.3, -0.25) is 29.9 Å². The number of nitrogens with zero attached hydrogens (tertiary/aromatic N) is 7. The smallest absolute Gasteiger partial charge is 0.371 e. The van der Waals surface area contributed by atoms with E-state index in [2.05, 4.69) is 95.0 Å². The van der Waals surface area contributed by atoms with Crippen molar-refractivity contribution in [2.24, 2.45) is 20.5 Å². The second-order valence-corrected chi connectivity index (χ2v) is 32.3. The van der Waals surface area contributed by atoms with Gasteiger partial charge in [0.1, 0.15) is 29.1 Å². The molecule has 7 aromatic carbocycles. The number of aryl methyl sites for hydroxylation is 6. The van der Waals surface area contributed by atoms with E-state index in [1.807, 2.05) is 24.3 Å². The summed E-state index contributed by atoms with van der Waals surface area (Å²) in [6, 6.07) is 45.6. The number of nitro groups is 1. The number of benzene rings is 7. The highest BCUT2D eigenvalue weighted by Gasteiger charge is 2.26. The van der Waals surface area contributed by atoms with Crippen LogP contribution in [0.5, 0.6) is 28.7 Å². The standard InChI is InChI=1S/2C25H22N4O5.C12H9NO6.C12H11NO4.C11H9NO4.C5H2Br2O3.C5H3BrO3/c2*1-14-22(24(31)29(28-14)18-10-9-15-5-2-3-6-16(15)11-18)27-26-20-8-4-7-19(23(20)30)17-12-21(25(32)33)34-13-17;1-18-11-8(3-2-4-9(11)13(16)17)7-5-10(12(14)15)19-6-7;1-16-11-8(3-2-4-9(11)13)7-5-10(12(14)15)17-6-7;12-8-3-1-2-7(10(8)13)6-4-9(11(14)15)16-5-6;6-2-1-3(5(8)9)10-4(2)7;6-3-1-4(5(7)8)9-2-3/h2*4,7-13,28,30H,2-3,5-6H2,1H3,(H,32,33);2-6H,1H3,(H,14,15);2-6H,13H2,1H3,(H,14,15);1-5,13H,12H2,(H,14,15);1H,(H,8,9);1-2H,(H,7,8). The maximum atomic E-state index is 13.1. The molecule has 9 heterocycles. The van der Waals surface area contributed by atoms with Crippen LogP contribution in [-0.4, -0.2) is 132 Å². The molecule has 0 saturated heterocycles. The van der Waals surface area contributed by atoms with Gasteiger partial charge in [0.25, 0.3) is 11.1 Å². The zero-order valence-electron chi connectivity index (χ0n) is 72.8. The predicted octanol–water partition coefficient (Wildman–Crippen LogP) is 21.8. The van der Waals surface area contributed by atoms with Crippen LogP contribution in [0.3, 0.4) is 0 Å². The lowest BCUT2D eigenvalue weighted by Crippen LogP contribution is -2.15. The lowest BCUT2D eigenvalue weighted by atomic mass is 9.91. The van der Waals surface area contributed by atoms with Crippen LogP contribution in [0.4, 0.5) is 39.8 Å². The number of anilines is 2. The highest BCUT2D eigenvalue weighted by Crippen LogP contribution is 2.44. The van der Waals surface area contributed by atoms with E-state index in [-0.39, 0.29) is 109 Å². The number of fused-ring (bicyclic) bond motifs is 2. The predicted molar refractivity (Wildman–Crippen MR) is 507 cm³/mol. The van der Waals surface area contributed by atoms with Crippen molar-refractivity contribution in [3.05, 3.63) is 326 Å². The molecular weight excluding hydrogens is 2010 g/mol. The Morgan fingerprint density at radius 3 is 1.06 bits per heavy atom. The number of hydrogen-bond acceptors (Lipinski definition) is 29. The number of rotatable bonds is 21. The van der Waals surface area contributed by atoms with Crippen molar-refractivity contribution in [3.8, 4) is 95.8 Å². The quantitative estimate of drug-likeness (QED) is 0.0104. The van der Waals surface area contributed by atoms with Crippen LogP contribution in [0.1, 0.15) is 133 Å². The van der Waals surface area contributed by atoms with E-state index >= 15 is 0 Å². The molecule has 0 radical (unpaired) electrons. The monoisotopic (exact) mass is 2090 g/mol. The number of aromatic nitrogens is 4. The number of aromatic amines is 2. The summed E-state index contributed by atoms with van der Waals surface area (Å²) in [6.45, 7) is 3.47. The minimum absolute atomic E-state index is 0.0538. The lowest BCUT2D eigenvalue weighted by Gasteiger charge is -2.16. The maximum Gasteiger partial charge on any atom is 0.371 e. The zero-order chi connectivity index (χ0) is 100. The van der Waals surface area contributed by atoms with Crippen molar-refractivity contribution in [3.63, 3.8) is 0 Å². The van der Waals surface area contributed by atoms with Gasteiger partial charge in [-0.05, 0) is 214 Å². The van der Waals surface area contributed by atoms with E-state index in [4.69, 9.17) is 83.2 Å². The number of halogens is 3. The van der Waals surface area contributed by atoms with E-state index in [0.717, 1.165) is 49.9 Å². The minimum Gasteiger partial charge on any atom is -0.505 e. The fourth-order valence-corrected chi connectivity index (χ4v) is 14.9. The van der Waals surface area contributed by atoms with Gasteiger partial charge in [0, 0.05) is 73.8 Å². The average Bonchev–Trinajstić information content (AvgIpc) is 1.65. The van der Waals surface area contributed by atoms with Crippen LogP contribution in [-0.2, 0) is 25.7 Å². The molecule has 16 N–H and O–H groups in total. The molecule has 9 aromatic heterocycles. The first-order chi connectivity index (χ1) is 66.4. The number of nitrogens with one attached hydrogen (secondary N) is 2. The Morgan fingerprint density at radius 2 is 0.734 bits per heavy atom. The van der Waals surface area contributed by atoms with Gasteiger partial charge in [0.15, 0.2) is 27.5 Å². The van der Waals surface area contributed by atoms with E-state index in [0.29, 0.717) is 92.1 Å². The van der Waals surface area contributed by atoms with Crippen LogP contribution in [0.2, 0.25) is 0 Å². The number of para-hydroxylation sites is 5. The number of nitrogen functional groups attached to an aromatic ring is 2. The number of azo groups is 2. The number of ether oxygens (including phenoxy) is 2. The number of carboxylic acids is 7. The fourth-order valence-electron chi connectivity index (χ4n) is 14.0. The number of furan rings is 7. The highest BCUT2D eigenvalue weighted by molar-refractivity contribution is 9.13. The van der Waals surface area contributed by atoms with E-state index in [1.165, 1.54) is 151 Å². The van der Waals surface area contributed by atoms with Crippen LogP contribution in [0.25, 0.3) is 67.0 Å². The summed E-state index contributed by atoms with van der Waals surface area (Å²) in [6.07, 6.45) is 16.4. The van der Waals surface area contributed by atoms with Gasteiger partial charge in [-0.15, -0.1) is 20.5 Å². The first kappa shape index (κ1) is 100. The molecule has 0 bridgehead atoms. The molecule has 41 nitrogen and oxygen atoms in total. The number of nitrogens with two attached hydrogens (primary N) is 2. The molecule has 2 aliphatic carbocycles. The number of carboxylic acid groups (broad SMARTS) is 7. The van der Waals surface area contributed by atoms with Crippen LogP contribution < -0.4 is 32.1 Å². The van der Waals surface area contributed by atoms with Gasteiger partial charge in [0.05, 0.1) is 93.5 Å². The Morgan fingerprint density at radius 1 is 0.403 bits per heavy atom. The summed E-state index contributed by atoms with van der Waals surface area (Å²) < 4.78 is 48.7. The van der Waals surface area contributed by atoms with Gasteiger partial charge in [-0.25, -0.2) is 42.9 Å². The first-order valence-electron chi connectivity index (χ1n) is 40.8. The maximum absolute atomic E-state index is 13.1. The summed E-state index contributed by atoms with van der Waals surface area (Å²) in [4.78, 5) is 111. The van der Waals surface area contributed by atoms with Crippen molar-refractivity contribution in [2.45, 2.75) is 65.2 Å². The van der Waals surface area contributed by atoms with Gasteiger partial charge >= 0.3 is 47.5 Å². The second-order valence-electron chi connectivity index (χ2n) is 29.8. The third-order valence-electron chi connectivity index (χ3n) is 20.8. The van der Waals surface area contributed by atoms with Crippen molar-refractivity contribution < 1.29 is 130 Å². The number of hydrogen-bond donors (Lipinski definition) is 14. The first-order valence-corrected chi connectivity index (χ1v) is 43.2. The van der Waals surface area contributed by atoms with Crippen LogP contribution >= 0.6 is 47.8 Å². The molecule has 18 rings (SSSR count). The van der Waals surface area contributed by atoms with E-state index < -0.39 is 46.7 Å². The number of carbonyl (C=O) groups is 7. The van der Waals surface area contributed by atoms with Gasteiger partial charge in [-0.2, -0.15) is 0 Å². The summed E-state index contributed by atoms with van der Waals surface area (Å²) in [5, 5.41) is 125. The zero-order valence-corrected chi connectivity index (χ0v) is 77.6. The Hall–Kier alpha value is -17.5. The number of aromatic hydroxyl groups is 3. The fraction of sp³-hybridized carbons (Fsp3) is 0.126.